The summed E-state index contributed by atoms with van der Waals surface area (Å²) in [5.74, 6) is 1.13. The normalized spacial score (nSPS) is 14.5. The van der Waals surface area contributed by atoms with Crippen LogP contribution in [0.1, 0.15) is 28.7 Å². The summed E-state index contributed by atoms with van der Waals surface area (Å²) in [5.41, 5.74) is 4.17. The number of carbonyl (C=O) groups is 1. The van der Waals surface area contributed by atoms with Crippen LogP contribution in [-0.2, 0) is 17.8 Å². The van der Waals surface area contributed by atoms with Crippen LogP contribution in [0, 0.1) is 18.3 Å². The SMILES string of the molecule is COc1ccc(C)cc1CN1CCN(C(=O)CCc2ccc(C#N)cc2)CC1. The summed E-state index contributed by atoms with van der Waals surface area (Å²) < 4.78 is 5.48. The van der Waals surface area contributed by atoms with E-state index < -0.39 is 0 Å². The molecule has 5 nitrogen and oxygen atoms in total. The number of carbonyl (C=O) groups excluding carboxylic acids is 1. The molecular formula is C23H27N3O2. The molecule has 5 heteroatoms. The molecule has 0 atom stereocenters. The van der Waals surface area contributed by atoms with E-state index in [4.69, 9.17) is 10.00 Å². The van der Waals surface area contributed by atoms with Gasteiger partial charge in [0.15, 0.2) is 0 Å². The van der Waals surface area contributed by atoms with Gasteiger partial charge in [-0.15, -0.1) is 0 Å². The molecule has 0 radical (unpaired) electrons. The van der Waals surface area contributed by atoms with E-state index >= 15 is 0 Å². The Hall–Kier alpha value is -2.84. The van der Waals surface area contributed by atoms with Gasteiger partial charge in [-0.3, -0.25) is 9.69 Å². The average Bonchev–Trinajstić information content (AvgIpc) is 2.73. The van der Waals surface area contributed by atoms with Gasteiger partial charge in [0.1, 0.15) is 5.75 Å². The average molecular weight is 377 g/mol. The zero-order valence-corrected chi connectivity index (χ0v) is 16.6. The smallest absolute Gasteiger partial charge is 0.222 e. The number of rotatable bonds is 6. The van der Waals surface area contributed by atoms with Crippen LogP contribution < -0.4 is 4.74 Å². The van der Waals surface area contributed by atoms with Crippen LogP contribution in [0.4, 0.5) is 0 Å². The van der Waals surface area contributed by atoms with Crippen LogP contribution >= 0.6 is 0 Å². The fraction of sp³-hybridized carbons (Fsp3) is 0.391. The molecule has 2 aromatic carbocycles. The van der Waals surface area contributed by atoms with E-state index in [9.17, 15) is 4.79 Å². The maximum Gasteiger partial charge on any atom is 0.222 e. The predicted molar refractivity (Wildman–Crippen MR) is 109 cm³/mol. The molecule has 0 aromatic heterocycles. The summed E-state index contributed by atoms with van der Waals surface area (Å²) in [6.45, 7) is 6.21. The van der Waals surface area contributed by atoms with Gasteiger partial charge in [-0.05, 0) is 37.1 Å². The summed E-state index contributed by atoms with van der Waals surface area (Å²) in [6, 6.07) is 15.8. The summed E-state index contributed by atoms with van der Waals surface area (Å²) in [5, 5.41) is 8.85. The van der Waals surface area contributed by atoms with E-state index in [-0.39, 0.29) is 5.91 Å². The van der Waals surface area contributed by atoms with Crippen molar-refractivity contribution in [2.75, 3.05) is 33.3 Å². The Morgan fingerprint density at radius 2 is 1.82 bits per heavy atom. The second-order valence-corrected chi connectivity index (χ2v) is 7.28. The van der Waals surface area contributed by atoms with Crippen LogP contribution in [0.15, 0.2) is 42.5 Å². The Morgan fingerprint density at radius 3 is 2.46 bits per heavy atom. The first-order valence-corrected chi connectivity index (χ1v) is 9.71. The van der Waals surface area contributed by atoms with Gasteiger partial charge in [0.05, 0.1) is 18.7 Å². The molecule has 1 heterocycles. The standard InChI is InChI=1S/C23H27N3O2/c1-18-3-9-22(28-2)21(15-18)17-25-11-13-26(14-12-25)23(27)10-8-19-4-6-20(16-24)7-5-19/h3-7,9,15H,8,10-14,17H2,1-2H3. The molecular weight excluding hydrogens is 350 g/mol. The Morgan fingerprint density at radius 1 is 1.11 bits per heavy atom. The van der Waals surface area contributed by atoms with Gasteiger partial charge >= 0.3 is 0 Å². The van der Waals surface area contributed by atoms with Crippen LogP contribution in [0.2, 0.25) is 0 Å². The first-order valence-electron chi connectivity index (χ1n) is 9.71. The molecule has 0 N–H and O–H groups in total. The van der Waals surface area contributed by atoms with E-state index in [1.165, 1.54) is 11.1 Å². The molecule has 1 aliphatic heterocycles. The highest BCUT2D eigenvalue weighted by Crippen LogP contribution is 2.22. The fourth-order valence-corrected chi connectivity index (χ4v) is 3.58. The minimum Gasteiger partial charge on any atom is -0.496 e. The number of nitriles is 1. The van der Waals surface area contributed by atoms with Crippen LogP contribution in [-0.4, -0.2) is 49.0 Å². The molecule has 0 aliphatic carbocycles. The van der Waals surface area contributed by atoms with Crippen LogP contribution in [0.25, 0.3) is 0 Å². The third-order valence-corrected chi connectivity index (χ3v) is 5.27. The molecule has 1 saturated heterocycles. The number of methoxy groups -OCH3 is 1. The Bertz CT molecular complexity index is 847. The van der Waals surface area contributed by atoms with E-state index in [1.54, 1.807) is 19.2 Å². The second kappa shape index (κ2) is 9.38. The Kier molecular flexibility index (Phi) is 6.67. The molecule has 0 spiro atoms. The van der Waals surface area contributed by atoms with Gasteiger partial charge in [-0.2, -0.15) is 5.26 Å². The van der Waals surface area contributed by atoms with Gasteiger partial charge < -0.3 is 9.64 Å². The quantitative estimate of drug-likeness (QED) is 0.776. The summed E-state index contributed by atoms with van der Waals surface area (Å²) in [6.07, 6.45) is 1.23. The van der Waals surface area contributed by atoms with Crippen molar-refractivity contribution in [2.45, 2.75) is 26.3 Å². The number of aryl methyl sites for hydroxylation is 2. The van der Waals surface area contributed by atoms with Crippen molar-refractivity contribution in [3.63, 3.8) is 0 Å². The first-order chi connectivity index (χ1) is 13.6. The molecule has 1 amide bonds. The van der Waals surface area contributed by atoms with E-state index in [0.29, 0.717) is 18.4 Å². The van der Waals surface area contributed by atoms with Gasteiger partial charge in [-0.25, -0.2) is 0 Å². The van der Waals surface area contributed by atoms with Gasteiger partial charge in [0, 0.05) is 44.7 Å². The number of hydrogen-bond acceptors (Lipinski definition) is 4. The van der Waals surface area contributed by atoms with Crippen molar-refractivity contribution >= 4 is 5.91 Å². The van der Waals surface area contributed by atoms with E-state index in [0.717, 1.165) is 44.0 Å². The summed E-state index contributed by atoms with van der Waals surface area (Å²) >= 11 is 0. The highest BCUT2D eigenvalue weighted by molar-refractivity contribution is 5.76. The zero-order chi connectivity index (χ0) is 19.9. The fourth-order valence-electron chi connectivity index (χ4n) is 3.58. The van der Waals surface area contributed by atoms with Crippen molar-refractivity contribution in [3.05, 3.63) is 64.7 Å². The number of piperazine rings is 1. The Balaban J connectivity index is 1.47. The number of benzene rings is 2. The number of ether oxygens (including phenoxy) is 1. The summed E-state index contributed by atoms with van der Waals surface area (Å²) in [4.78, 5) is 16.9. The number of nitrogens with zero attached hydrogens (tertiary/aromatic N) is 3. The van der Waals surface area contributed by atoms with Gasteiger partial charge in [-0.1, -0.05) is 29.8 Å². The van der Waals surface area contributed by atoms with Crippen molar-refractivity contribution < 1.29 is 9.53 Å². The third-order valence-electron chi connectivity index (χ3n) is 5.27. The molecule has 1 aliphatic rings. The highest BCUT2D eigenvalue weighted by Gasteiger charge is 2.21. The third kappa shape index (κ3) is 5.11. The van der Waals surface area contributed by atoms with Gasteiger partial charge in [0.2, 0.25) is 5.91 Å². The van der Waals surface area contributed by atoms with Crippen molar-refractivity contribution in [1.29, 1.82) is 5.26 Å². The second-order valence-electron chi connectivity index (χ2n) is 7.28. The lowest BCUT2D eigenvalue weighted by Crippen LogP contribution is -2.48. The maximum absolute atomic E-state index is 12.5. The summed E-state index contributed by atoms with van der Waals surface area (Å²) in [7, 11) is 1.71. The van der Waals surface area contributed by atoms with Crippen molar-refractivity contribution in [3.8, 4) is 11.8 Å². The molecule has 0 unspecified atom stereocenters. The lowest BCUT2D eigenvalue weighted by atomic mass is 10.1. The molecule has 3 rings (SSSR count). The largest absolute Gasteiger partial charge is 0.496 e. The zero-order valence-electron chi connectivity index (χ0n) is 16.6. The highest BCUT2D eigenvalue weighted by atomic mass is 16.5. The number of amides is 1. The van der Waals surface area contributed by atoms with Crippen molar-refractivity contribution in [1.82, 2.24) is 9.80 Å². The Labute approximate surface area is 167 Å². The number of hydrogen-bond donors (Lipinski definition) is 0. The minimum absolute atomic E-state index is 0.206. The lowest BCUT2D eigenvalue weighted by Gasteiger charge is -2.35. The van der Waals surface area contributed by atoms with E-state index in [2.05, 4.69) is 30.0 Å². The van der Waals surface area contributed by atoms with Gasteiger partial charge in [0.25, 0.3) is 0 Å². The molecule has 2 aromatic rings. The molecule has 0 bridgehead atoms. The topological polar surface area (TPSA) is 56.6 Å². The molecule has 146 valence electrons. The van der Waals surface area contributed by atoms with E-state index in [1.807, 2.05) is 23.1 Å². The molecule has 0 saturated carbocycles. The maximum atomic E-state index is 12.5. The van der Waals surface area contributed by atoms with Crippen LogP contribution in [0.5, 0.6) is 5.75 Å². The first kappa shape index (κ1) is 19.9. The van der Waals surface area contributed by atoms with Crippen LogP contribution in [0.3, 0.4) is 0 Å². The van der Waals surface area contributed by atoms with Crippen molar-refractivity contribution in [2.24, 2.45) is 0 Å². The molecule has 1 fully saturated rings. The monoisotopic (exact) mass is 377 g/mol. The molecule has 28 heavy (non-hydrogen) atoms. The minimum atomic E-state index is 0.206. The predicted octanol–water partition coefficient (Wildman–Crippen LogP) is 3.15. The lowest BCUT2D eigenvalue weighted by molar-refractivity contribution is -0.133.